The number of ether oxygens (including phenoxy) is 2. The lowest BCUT2D eigenvalue weighted by Crippen LogP contribution is -2.57. The minimum atomic E-state index is -4.79. The monoisotopic (exact) mass is 568 g/mol. The first-order valence-corrected chi connectivity index (χ1v) is 14.1. The molecule has 1 aromatic carbocycles. The van der Waals surface area contributed by atoms with Crippen molar-refractivity contribution in [3.63, 3.8) is 0 Å². The van der Waals surface area contributed by atoms with Crippen molar-refractivity contribution in [2.24, 2.45) is 11.3 Å². The Labute approximate surface area is 232 Å². The van der Waals surface area contributed by atoms with Gasteiger partial charge in [-0.3, -0.25) is 9.59 Å². The van der Waals surface area contributed by atoms with Crippen LogP contribution in [0, 0.1) is 11.3 Å². The molecule has 4 aliphatic rings. The van der Waals surface area contributed by atoms with Gasteiger partial charge in [-0.05, 0) is 69.1 Å². The van der Waals surface area contributed by atoms with Crippen LogP contribution in [-0.2, 0) is 25.2 Å². The van der Waals surface area contributed by atoms with E-state index in [-0.39, 0.29) is 29.1 Å². The molecule has 0 spiro atoms. The Bertz CT molecular complexity index is 1080. The smallest absolute Gasteiger partial charge is 0.417 e. The molecule has 1 aromatic rings. The fourth-order valence-electron chi connectivity index (χ4n) is 5.97. The van der Waals surface area contributed by atoms with Crippen LogP contribution in [0.1, 0.15) is 86.7 Å². The second-order valence-electron chi connectivity index (χ2n) is 11.9. The van der Waals surface area contributed by atoms with Crippen molar-refractivity contribution < 1.29 is 42.1 Å². The van der Waals surface area contributed by atoms with E-state index in [4.69, 9.17) is 9.47 Å². The van der Waals surface area contributed by atoms with E-state index in [1.165, 1.54) is 6.07 Å². The van der Waals surface area contributed by atoms with Crippen LogP contribution in [0.25, 0.3) is 0 Å². The summed E-state index contributed by atoms with van der Waals surface area (Å²) in [6.45, 7) is 6.95. The molecule has 2 bridgehead atoms. The van der Waals surface area contributed by atoms with Crippen molar-refractivity contribution in [3.8, 4) is 0 Å². The van der Waals surface area contributed by atoms with Crippen LogP contribution < -0.4 is 5.32 Å². The average Bonchev–Trinajstić information content (AvgIpc) is 2.94. The third kappa shape index (κ3) is 6.79. The molecule has 0 unspecified atom stereocenters. The highest BCUT2D eigenvalue weighted by molar-refractivity contribution is 5.90. The predicted octanol–water partition coefficient (Wildman–Crippen LogP) is 4.61. The summed E-state index contributed by atoms with van der Waals surface area (Å²) in [5.41, 5.74) is -1.62. The van der Waals surface area contributed by atoms with Crippen LogP contribution in [0.15, 0.2) is 18.2 Å². The van der Waals surface area contributed by atoms with Crippen molar-refractivity contribution in [2.75, 3.05) is 26.3 Å². The highest BCUT2D eigenvalue weighted by Gasteiger charge is 2.43. The Morgan fingerprint density at radius 2 is 1.77 bits per heavy atom. The third-order valence-electron chi connectivity index (χ3n) is 8.69. The lowest BCUT2D eigenvalue weighted by Gasteiger charge is -2.46. The zero-order valence-corrected chi connectivity index (χ0v) is 23.3. The largest absolute Gasteiger partial charge is 0.478 e. The van der Waals surface area contributed by atoms with Crippen LogP contribution >= 0.6 is 0 Å². The second-order valence-corrected chi connectivity index (χ2v) is 11.9. The number of amides is 2. The zero-order valence-electron chi connectivity index (χ0n) is 23.3. The molecule has 222 valence electrons. The minimum absolute atomic E-state index is 0.0670. The highest BCUT2D eigenvalue weighted by atomic mass is 19.4. The number of fused-ring (bicyclic) bond motifs is 3. The summed E-state index contributed by atoms with van der Waals surface area (Å²) in [5.74, 6) is -2.76. The molecule has 3 heterocycles. The van der Waals surface area contributed by atoms with Gasteiger partial charge < -0.3 is 24.8 Å². The maximum Gasteiger partial charge on any atom is 0.417 e. The Hall–Kier alpha value is -2.66. The van der Waals surface area contributed by atoms with E-state index in [9.17, 15) is 32.7 Å². The lowest BCUT2D eigenvalue weighted by atomic mass is 9.72. The number of carbonyl (C=O) groups excluding carboxylic acids is 2. The fraction of sp³-hybridized carbons (Fsp3) is 0.690. The Balaban J connectivity index is 1.42. The lowest BCUT2D eigenvalue weighted by molar-refractivity contribution is -0.158. The number of rotatable bonds is 9. The molecule has 3 saturated heterocycles. The molecule has 3 aliphatic heterocycles. The van der Waals surface area contributed by atoms with Crippen molar-refractivity contribution >= 4 is 17.8 Å². The number of alkyl halides is 3. The van der Waals surface area contributed by atoms with E-state index in [2.05, 4.69) is 5.32 Å². The summed E-state index contributed by atoms with van der Waals surface area (Å²) in [6.07, 6.45) is -0.186. The van der Waals surface area contributed by atoms with Crippen LogP contribution in [0.5, 0.6) is 0 Å². The zero-order chi connectivity index (χ0) is 29.2. The van der Waals surface area contributed by atoms with Crippen molar-refractivity contribution in [1.82, 2.24) is 10.2 Å². The van der Waals surface area contributed by atoms with Gasteiger partial charge in [0.25, 0.3) is 0 Å². The van der Waals surface area contributed by atoms with Crippen molar-refractivity contribution in [3.05, 3.63) is 34.9 Å². The number of nitrogens with one attached hydrogen (secondary N) is 1. The molecule has 5 rings (SSSR count). The molecule has 1 aliphatic carbocycles. The standard InChI is InChI=1S/C29H39F3N2O6/c1-17(2)25(35)33-24(18(3)39-15-28-10-6-21(7-11-28)40-16-28)26(36)34-12-8-19(9-13-34)20-4-5-22(27(37)38)23(14-20)29(30,31)32/h4-5,14,17-19,21,24H,6-13,15-16H2,1-3H3,(H,33,35)(H,37,38)/t18-,21?,24+,28?/m1/s1. The van der Waals surface area contributed by atoms with E-state index >= 15 is 0 Å². The number of carboxylic acid groups (broad SMARTS) is 1. The maximum atomic E-state index is 13.6. The molecule has 11 heteroatoms. The summed E-state index contributed by atoms with van der Waals surface area (Å²) in [4.78, 5) is 39.2. The first-order valence-electron chi connectivity index (χ1n) is 14.1. The van der Waals surface area contributed by atoms with Gasteiger partial charge in [-0.25, -0.2) is 4.79 Å². The topological polar surface area (TPSA) is 105 Å². The normalized spacial score (nSPS) is 25.1. The molecule has 8 nitrogen and oxygen atoms in total. The van der Waals surface area contributed by atoms with E-state index in [1.807, 2.05) is 0 Å². The number of hydrogen-bond donors (Lipinski definition) is 2. The predicted molar refractivity (Wildman–Crippen MR) is 140 cm³/mol. The summed E-state index contributed by atoms with van der Waals surface area (Å²) in [7, 11) is 0. The van der Waals surface area contributed by atoms with Gasteiger partial charge in [0, 0.05) is 24.4 Å². The summed E-state index contributed by atoms with van der Waals surface area (Å²) >= 11 is 0. The van der Waals surface area contributed by atoms with E-state index in [0.29, 0.717) is 50.8 Å². The molecular weight excluding hydrogens is 529 g/mol. The number of benzene rings is 1. The summed E-state index contributed by atoms with van der Waals surface area (Å²) < 4.78 is 52.6. The van der Waals surface area contributed by atoms with E-state index in [1.54, 1.807) is 25.7 Å². The molecule has 1 saturated carbocycles. The molecule has 2 amide bonds. The number of aromatic carboxylic acids is 1. The van der Waals surface area contributed by atoms with E-state index < -0.39 is 35.4 Å². The SMILES string of the molecule is CC(C)C(=O)N[C@H](C(=O)N1CCC(c2ccc(C(=O)O)c(C(F)(F)F)c2)CC1)[C@@H](C)OCC12CCC(CC1)OC2. The summed E-state index contributed by atoms with van der Waals surface area (Å²) in [6, 6.07) is 2.44. The number of hydrogen-bond acceptors (Lipinski definition) is 5. The van der Waals surface area contributed by atoms with E-state index in [0.717, 1.165) is 37.8 Å². The van der Waals surface area contributed by atoms with Gasteiger partial charge in [0.15, 0.2) is 0 Å². The van der Waals surface area contributed by atoms with Gasteiger partial charge in [0.05, 0.1) is 36.5 Å². The number of nitrogens with zero attached hydrogens (tertiary/aromatic N) is 1. The molecule has 4 fully saturated rings. The van der Waals surface area contributed by atoms with Gasteiger partial charge >= 0.3 is 12.1 Å². The first kappa shape index (κ1) is 30.3. The Kier molecular flexibility index (Phi) is 9.14. The fourth-order valence-corrected chi connectivity index (χ4v) is 5.97. The van der Waals surface area contributed by atoms with Crippen molar-refractivity contribution in [2.45, 2.75) is 89.6 Å². The van der Waals surface area contributed by atoms with Gasteiger partial charge in [-0.15, -0.1) is 0 Å². The van der Waals surface area contributed by atoms with Gasteiger partial charge in [-0.2, -0.15) is 13.2 Å². The number of carboxylic acids is 1. The van der Waals surface area contributed by atoms with Crippen LogP contribution in [0.3, 0.4) is 0 Å². The number of carbonyl (C=O) groups is 3. The molecule has 0 radical (unpaired) electrons. The second kappa shape index (κ2) is 12.1. The number of halogens is 3. The minimum Gasteiger partial charge on any atom is -0.478 e. The number of piperidine rings is 1. The highest BCUT2D eigenvalue weighted by Crippen LogP contribution is 2.43. The van der Waals surface area contributed by atoms with Gasteiger partial charge in [-0.1, -0.05) is 19.9 Å². The molecule has 0 aromatic heterocycles. The Morgan fingerprint density at radius 1 is 1.12 bits per heavy atom. The van der Waals surface area contributed by atoms with Crippen LogP contribution in [-0.4, -0.2) is 72.3 Å². The van der Waals surface area contributed by atoms with Gasteiger partial charge in [0.2, 0.25) is 11.8 Å². The first-order chi connectivity index (χ1) is 18.8. The molecule has 40 heavy (non-hydrogen) atoms. The van der Waals surface area contributed by atoms with Crippen LogP contribution in [0.4, 0.5) is 13.2 Å². The maximum absolute atomic E-state index is 13.6. The third-order valence-corrected chi connectivity index (χ3v) is 8.69. The summed E-state index contributed by atoms with van der Waals surface area (Å²) in [5, 5.41) is 12.0. The number of likely N-dealkylation sites (tertiary alicyclic amines) is 1. The Morgan fingerprint density at radius 3 is 2.30 bits per heavy atom. The molecule has 2 atom stereocenters. The van der Waals surface area contributed by atoms with Crippen LogP contribution in [0.2, 0.25) is 0 Å². The van der Waals surface area contributed by atoms with Crippen molar-refractivity contribution in [1.29, 1.82) is 0 Å². The quantitative estimate of drug-likeness (QED) is 0.451. The van der Waals surface area contributed by atoms with Gasteiger partial charge in [0.1, 0.15) is 6.04 Å². The average molecular weight is 569 g/mol. The molecule has 2 N–H and O–H groups in total. The molecular formula is C29H39F3N2O6.